The number of pyridine rings is 1. The van der Waals surface area contributed by atoms with Gasteiger partial charge in [0.05, 0.1) is 22.5 Å². The lowest BCUT2D eigenvalue weighted by atomic mass is 10.2. The number of hydrogen-bond acceptors (Lipinski definition) is 5. The molecule has 3 aromatic carbocycles. The van der Waals surface area contributed by atoms with Gasteiger partial charge in [-0.25, -0.2) is 0 Å². The van der Waals surface area contributed by atoms with Crippen LogP contribution in [0.3, 0.4) is 0 Å². The number of hydrogen-bond donors (Lipinski definition) is 3. The van der Waals surface area contributed by atoms with Crippen molar-refractivity contribution in [3.63, 3.8) is 0 Å². The number of fused-ring (bicyclic) bond motifs is 1. The molecule has 0 spiro atoms. The molecule has 0 unspecified atom stereocenters. The second kappa shape index (κ2) is 10.3. The molecule has 5 rings (SSSR count). The topological polar surface area (TPSA) is 96.7 Å². The molecular weight excluding hydrogens is 454 g/mol. The first kappa shape index (κ1) is 22.4. The van der Waals surface area contributed by atoms with Gasteiger partial charge in [0.25, 0.3) is 5.91 Å². The number of anilines is 1. The van der Waals surface area contributed by atoms with Crippen LogP contribution in [0.25, 0.3) is 23.1 Å². The van der Waals surface area contributed by atoms with Gasteiger partial charge in [-0.1, -0.05) is 42.1 Å². The Morgan fingerprint density at radius 2 is 1.80 bits per heavy atom. The van der Waals surface area contributed by atoms with Crippen LogP contribution in [0.1, 0.15) is 27.3 Å². The zero-order chi connectivity index (χ0) is 24.0. The SMILES string of the molecule is Nc1ccc(CNC(=O)c2ccccc2Sc2ccc3c(C=Cc4ccccn4)n[nH]c3c2)cc1. The zero-order valence-corrected chi connectivity index (χ0v) is 19.6. The fourth-order valence-electron chi connectivity index (χ4n) is 3.63. The third kappa shape index (κ3) is 5.42. The maximum atomic E-state index is 12.9. The summed E-state index contributed by atoms with van der Waals surface area (Å²) in [7, 11) is 0. The number of benzene rings is 3. The van der Waals surface area contributed by atoms with Crippen molar-refractivity contribution in [2.24, 2.45) is 0 Å². The molecule has 0 atom stereocenters. The minimum atomic E-state index is -0.116. The van der Waals surface area contributed by atoms with E-state index in [1.165, 1.54) is 0 Å². The molecule has 0 saturated heterocycles. The van der Waals surface area contributed by atoms with Crippen molar-refractivity contribution in [2.45, 2.75) is 16.3 Å². The fraction of sp³-hybridized carbons (Fsp3) is 0.0357. The van der Waals surface area contributed by atoms with Crippen molar-refractivity contribution >= 4 is 46.4 Å². The van der Waals surface area contributed by atoms with Crippen LogP contribution >= 0.6 is 11.8 Å². The van der Waals surface area contributed by atoms with Gasteiger partial charge in [-0.05, 0) is 72.3 Å². The zero-order valence-electron chi connectivity index (χ0n) is 18.8. The number of nitrogen functional groups attached to an aromatic ring is 1. The Kier molecular flexibility index (Phi) is 6.59. The monoisotopic (exact) mass is 477 g/mol. The van der Waals surface area contributed by atoms with Crippen molar-refractivity contribution < 1.29 is 4.79 Å². The fourth-order valence-corrected chi connectivity index (χ4v) is 4.62. The van der Waals surface area contributed by atoms with Crippen LogP contribution in [0.5, 0.6) is 0 Å². The molecule has 6 nitrogen and oxygen atoms in total. The Labute approximate surface area is 207 Å². The molecule has 0 saturated carbocycles. The molecule has 0 fully saturated rings. The Balaban J connectivity index is 1.31. The molecule has 0 aliphatic rings. The number of carbonyl (C=O) groups excluding carboxylic acids is 1. The summed E-state index contributed by atoms with van der Waals surface area (Å²) in [6.45, 7) is 0.438. The van der Waals surface area contributed by atoms with E-state index in [0.29, 0.717) is 17.8 Å². The maximum absolute atomic E-state index is 12.9. The average molecular weight is 478 g/mol. The standard InChI is InChI=1S/C28H23N5OS/c29-20-10-8-19(9-11-20)18-31-28(34)24-6-1-2-7-27(24)35-22-13-14-23-25(32-33-26(23)17-22)15-12-21-5-3-4-16-30-21/h1-17H,18,29H2,(H,31,34)(H,32,33). The van der Waals surface area contributed by atoms with E-state index >= 15 is 0 Å². The first-order chi connectivity index (χ1) is 17.2. The summed E-state index contributed by atoms with van der Waals surface area (Å²) < 4.78 is 0. The second-order valence-electron chi connectivity index (χ2n) is 7.93. The summed E-state index contributed by atoms with van der Waals surface area (Å²) in [5.41, 5.74) is 10.7. The first-order valence-electron chi connectivity index (χ1n) is 11.1. The largest absolute Gasteiger partial charge is 0.399 e. The lowest BCUT2D eigenvalue weighted by Gasteiger charge is -2.10. The molecule has 172 valence electrons. The third-order valence-corrected chi connectivity index (χ3v) is 6.52. The van der Waals surface area contributed by atoms with Gasteiger partial charge in [0, 0.05) is 33.6 Å². The molecule has 1 amide bonds. The van der Waals surface area contributed by atoms with E-state index in [1.54, 1.807) is 18.0 Å². The Bertz CT molecular complexity index is 1490. The molecule has 0 aliphatic carbocycles. The summed E-state index contributed by atoms with van der Waals surface area (Å²) in [6.07, 6.45) is 5.66. The van der Waals surface area contributed by atoms with Gasteiger partial charge in [0.2, 0.25) is 0 Å². The highest BCUT2D eigenvalue weighted by Crippen LogP contribution is 2.33. The number of nitrogens with two attached hydrogens (primary N) is 1. The van der Waals surface area contributed by atoms with Crippen LogP contribution in [-0.2, 0) is 6.54 Å². The van der Waals surface area contributed by atoms with Crippen molar-refractivity contribution in [3.8, 4) is 0 Å². The van der Waals surface area contributed by atoms with Gasteiger partial charge in [-0.15, -0.1) is 0 Å². The summed E-state index contributed by atoms with van der Waals surface area (Å²) in [5, 5.41) is 11.6. The number of aromatic nitrogens is 3. The lowest BCUT2D eigenvalue weighted by Crippen LogP contribution is -2.23. The number of nitrogens with one attached hydrogen (secondary N) is 2. The molecule has 35 heavy (non-hydrogen) atoms. The van der Waals surface area contributed by atoms with E-state index in [1.807, 2.05) is 97.1 Å². The molecular formula is C28H23N5OS. The number of nitrogens with zero attached hydrogens (tertiary/aromatic N) is 2. The Morgan fingerprint density at radius 3 is 2.63 bits per heavy atom. The van der Waals surface area contributed by atoms with Gasteiger partial charge < -0.3 is 11.1 Å². The van der Waals surface area contributed by atoms with Crippen molar-refractivity contribution in [1.29, 1.82) is 0 Å². The number of aromatic amines is 1. The quantitative estimate of drug-likeness (QED) is 0.258. The maximum Gasteiger partial charge on any atom is 0.252 e. The summed E-state index contributed by atoms with van der Waals surface area (Å²) >= 11 is 1.55. The van der Waals surface area contributed by atoms with E-state index in [0.717, 1.165) is 37.6 Å². The smallest absolute Gasteiger partial charge is 0.252 e. The normalized spacial score (nSPS) is 11.2. The van der Waals surface area contributed by atoms with Crippen molar-refractivity contribution in [1.82, 2.24) is 20.5 Å². The molecule has 5 aromatic rings. The minimum absolute atomic E-state index is 0.116. The molecule has 0 radical (unpaired) electrons. The highest BCUT2D eigenvalue weighted by Gasteiger charge is 2.13. The van der Waals surface area contributed by atoms with E-state index < -0.39 is 0 Å². The van der Waals surface area contributed by atoms with E-state index in [9.17, 15) is 4.79 Å². The predicted octanol–water partition coefficient (Wildman–Crippen LogP) is 5.79. The molecule has 2 heterocycles. The number of H-pyrrole nitrogens is 1. The van der Waals surface area contributed by atoms with Gasteiger partial charge in [0.15, 0.2) is 0 Å². The van der Waals surface area contributed by atoms with Crippen LogP contribution < -0.4 is 11.1 Å². The predicted molar refractivity (Wildman–Crippen MR) is 142 cm³/mol. The van der Waals surface area contributed by atoms with Crippen LogP contribution in [0, 0.1) is 0 Å². The number of rotatable bonds is 7. The molecule has 7 heteroatoms. The highest BCUT2D eigenvalue weighted by atomic mass is 32.2. The molecule has 0 aliphatic heterocycles. The average Bonchev–Trinajstić information content (AvgIpc) is 3.30. The third-order valence-electron chi connectivity index (χ3n) is 5.46. The van der Waals surface area contributed by atoms with Gasteiger partial charge in [-0.2, -0.15) is 5.10 Å². The van der Waals surface area contributed by atoms with Crippen LogP contribution in [0.4, 0.5) is 5.69 Å². The minimum Gasteiger partial charge on any atom is -0.399 e. The Hall–Kier alpha value is -4.36. The molecule has 2 aromatic heterocycles. The van der Waals surface area contributed by atoms with Crippen LogP contribution in [0.15, 0.2) is 101 Å². The van der Waals surface area contributed by atoms with Crippen molar-refractivity contribution in [2.75, 3.05) is 5.73 Å². The summed E-state index contributed by atoms with van der Waals surface area (Å²) in [5.74, 6) is -0.116. The molecule has 0 bridgehead atoms. The van der Waals surface area contributed by atoms with E-state index in [4.69, 9.17) is 5.73 Å². The van der Waals surface area contributed by atoms with Crippen molar-refractivity contribution in [3.05, 3.63) is 114 Å². The summed E-state index contributed by atoms with van der Waals surface area (Å²) in [6, 6.07) is 27.0. The van der Waals surface area contributed by atoms with Gasteiger partial charge in [-0.3, -0.25) is 14.9 Å². The second-order valence-corrected chi connectivity index (χ2v) is 9.04. The molecule has 4 N–H and O–H groups in total. The lowest BCUT2D eigenvalue weighted by molar-refractivity contribution is 0.0948. The van der Waals surface area contributed by atoms with Crippen LogP contribution in [0.2, 0.25) is 0 Å². The van der Waals surface area contributed by atoms with E-state index in [-0.39, 0.29) is 5.91 Å². The number of carbonyl (C=O) groups is 1. The van der Waals surface area contributed by atoms with E-state index in [2.05, 4.69) is 20.5 Å². The van der Waals surface area contributed by atoms with Gasteiger partial charge >= 0.3 is 0 Å². The summed E-state index contributed by atoms with van der Waals surface area (Å²) in [4.78, 5) is 19.1. The Morgan fingerprint density at radius 1 is 0.971 bits per heavy atom. The highest BCUT2D eigenvalue weighted by molar-refractivity contribution is 7.99. The number of amides is 1. The first-order valence-corrected chi connectivity index (χ1v) is 11.9. The van der Waals surface area contributed by atoms with Gasteiger partial charge in [0.1, 0.15) is 0 Å². The van der Waals surface area contributed by atoms with Crippen LogP contribution in [-0.4, -0.2) is 21.1 Å².